The van der Waals surface area contributed by atoms with Gasteiger partial charge in [0.1, 0.15) is 6.29 Å². The van der Waals surface area contributed by atoms with Crippen molar-refractivity contribution >= 4 is 29.6 Å². The first-order valence-electron chi connectivity index (χ1n) is 2.40. The van der Waals surface area contributed by atoms with E-state index in [1.807, 2.05) is 6.07 Å². The maximum Gasteiger partial charge on any atom is 0.130 e. The number of thioether (sulfide) groups is 1. The third kappa shape index (κ3) is 2.15. The summed E-state index contributed by atoms with van der Waals surface area (Å²) >= 11 is 2.93. The molecule has 0 aliphatic carbocycles. The number of aldehydes is 1. The predicted octanol–water partition coefficient (Wildman–Crippen LogP) is 1.43. The molecule has 0 aliphatic heterocycles. The SMILES string of the molecule is O=CCSc1ccns1. The van der Waals surface area contributed by atoms with Crippen LogP contribution >= 0.6 is 23.3 Å². The Morgan fingerprint density at radius 1 is 1.89 bits per heavy atom. The van der Waals surface area contributed by atoms with Crippen LogP contribution in [0.4, 0.5) is 0 Å². The minimum absolute atomic E-state index is 0.530. The molecule has 0 atom stereocenters. The molecular formula is C5H5NOS2. The zero-order chi connectivity index (χ0) is 6.53. The lowest BCUT2D eigenvalue weighted by atomic mass is 10.8. The molecule has 1 aromatic heterocycles. The average Bonchev–Trinajstić information content (AvgIpc) is 2.34. The Hall–Kier alpha value is -0.350. The van der Waals surface area contributed by atoms with Crippen molar-refractivity contribution in [2.45, 2.75) is 4.21 Å². The molecule has 0 fully saturated rings. The van der Waals surface area contributed by atoms with E-state index in [2.05, 4.69) is 4.37 Å². The maximum absolute atomic E-state index is 9.86. The molecule has 0 saturated heterocycles. The molecular weight excluding hydrogens is 154 g/mol. The van der Waals surface area contributed by atoms with Crippen LogP contribution in [0.25, 0.3) is 0 Å². The number of rotatable bonds is 3. The molecule has 0 N–H and O–H groups in total. The Labute approximate surface area is 61.4 Å². The molecule has 0 saturated carbocycles. The van der Waals surface area contributed by atoms with Crippen molar-refractivity contribution in [1.82, 2.24) is 4.37 Å². The van der Waals surface area contributed by atoms with Crippen LogP contribution in [-0.4, -0.2) is 16.4 Å². The number of aromatic nitrogens is 1. The van der Waals surface area contributed by atoms with E-state index < -0.39 is 0 Å². The lowest BCUT2D eigenvalue weighted by Crippen LogP contribution is -1.73. The highest BCUT2D eigenvalue weighted by atomic mass is 32.2. The standard InChI is InChI=1S/C5H5NOS2/c7-3-4-8-5-1-2-6-9-5/h1-3H,4H2. The van der Waals surface area contributed by atoms with Crippen molar-refractivity contribution in [2.24, 2.45) is 0 Å². The molecule has 2 nitrogen and oxygen atoms in total. The summed E-state index contributed by atoms with van der Waals surface area (Å²) in [6.45, 7) is 0. The van der Waals surface area contributed by atoms with Gasteiger partial charge in [0.05, 0.1) is 9.96 Å². The molecule has 0 bridgehead atoms. The van der Waals surface area contributed by atoms with Crippen molar-refractivity contribution in [1.29, 1.82) is 0 Å². The van der Waals surface area contributed by atoms with Gasteiger partial charge in [0.25, 0.3) is 0 Å². The molecule has 0 aromatic carbocycles. The van der Waals surface area contributed by atoms with Crippen molar-refractivity contribution in [3.8, 4) is 0 Å². The summed E-state index contributed by atoms with van der Waals surface area (Å²) in [6, 6.07) is 1.90. The van der Waals surface area contributed by atoms with Gasteiger partial charge in [-0.05, 0) is 17.6 Å². The van der Waals surface area contributed by atoms with E-state index in [0.29, 0.717) is 5.75 Å². The van der Waals surface area contributed by atoms with Crippen LogP contribution in [0.5, 0.6) is 0 Å². The van der Waals surface area contributed by atoms with E-state index in [4.69, 9.17) is 0 Å². The molecule has 1 aromatic rings. The van der Waals surface area contributed by atoms with E-state index >= 15 is 0 Å². The first kappa shape index (κ1) is 6.77. The molecule has 4 heteroatoms. The first-order valence-corrected chi connectivity index (χ1v) is 4.16. The van der Waals surface area contributed by atoms with Gasteiger partial charge < -0.3 is 4.79 Å². The Morgan fingerprint density at radius 2 is 2.78 bits per heavy atom. The highest BCUT2D eigenvalue weighted by molar-refractivity contribution is 8.01. The Balaban J connectivity index is 2.38. The number of hydrogen-bond donors (Lipinski definition) is 0. The van der Waals surface area contributed by atoms with Crippen molar-refractivity contribution < 1.29 is 4.79 Å². The second kappa shape index (κ2) is 3.63. The molecule has 0 spiro atoms. The van der Waals surface area contributed by atoms with E-state index in [-0.39, 0.29) is 0 Å². The van der Waals surface area contributed by atoms with E-state index in [0.717, 1.165) is 10.5 Å². The topological polar surface area (TPSA) is 30.0 Å². The van der Waals surface area contributed by atoms with Gasteiger partial charge in [0.15, 0.2) is 0 Å². The first-order chi connectivity index (χ1) is 4.43. The van der Waals surface area contributed by atoms with E-state index in [1.165, 1.54) is 23.3 Å². The second-order valence-corrected chi connectivity index (χ2v) is 3.46. The summed E-state index contributed by atoms with van der Waals surface area (Å²) in [7, 11) is 0. The van der Waals surface area contributed by atoms with Gasteiger partial charge in [-0.25, -0.2) is 4.37 Å². The number of carbonyl (C=O) groups is 1. The highest BCUT2D eigenvalue weighted by Crippen LogP contribution is 2.19. The third-order valence-electron chi connectivity index (χ3n) is 0.708. The van der Waals surface area contributed by atoms with Gasteiger partial charge >= 0.3 is 0 Å². The van der Waals surface area contributed by atoms with Crippen molar-refractivity contribution in [3.63, 3.8) is 0 Å². The molecule has 9 heavy (non-hydrogen) atoms. The zero-order valence-electron chi connectivity index (χ0n) is 4.61. The summed E-state index contributed by atoms with van der Waals surface area (Å²) in [5.41, 5.74) is 0. The molecule has 0 amide bonds. The van der Waals surface area contributed by atoms with Gasteiger partial charge in [0, 0.05) is 6.20 Å². The zero-order valence-corrected chi connectivity index (χ0v) is 6.24. The predicted molar refractivity (Wildman–Crippen MR) is 38.9 cm³/mol. The monoisotopic (exact) mass is 159 g/mol. The smallest absolute Gasteiger partial charge is 0.130 e. The second-order valence-electron chi connectivity index (χ2n) is 1.31. The average molecular weight is 159 g/mol. The molecule has 1 rings (SSSR count). The lowest BCUT2D eigenvalue weighted by Gasteiger charge is -1.83. The minimum atomic E-state index is 0.530. The molecule has 1 heterocycles. The van der Waals surface area contributed by atoms with E-state index in [1.54, 1.807) is 6.20 Å². The normalized spacial score (nSPS) is 9.33. The lowest BCUT2D eigenvalue weighted by molar-refractivity contribution is -0.105. The van der Waals surface area contributed by atoms with Gasteiger partial charge in [0.2, 0.25) is 0 Å². The summed E-state index contributed by atoms with van der Waals surface area (Å²) in [5.74, 6) is 0.530. The molecule has 48 valence electrons. The third-order valence-corrected chi connectivity index (χ3v) is 2.55. The van der Waals surface area contributed by atoms with Gasteiger partial charge in [-0.1, -0.05) is 0 Å². The summed E-state index contributed by atoms with van der Waals surface area (Å²) in [5, 5.41) is 0. The highest BCUT2D eigenvalue weighted by Gasteiger charge is 1.91. The number of carbonyl (C=O) groups excluding carboxylic acids is 1. The Kier molecular flexibility index (Phi) is 2.73. The van der Waals surface area contributed by atoms with Crippen LogP contribution in [0.3, 0.4) is 0 Å². The van der Waals surface area contributed by atoms with Gasteiger partial charge in [-0.3, -0.25) is 0 Å². The quantitative estimate of drug-likeness (QED) is 0.493. The fourth-order valence-corrected chi connectivity index (χ4v) is 1.68. The van der Waals surface area contributed by atoms with Crippen LogP contribution in [0.15, 0.2) is 16.5 Å². The number of nitrogens with zero attached hydrogens (tertiary/aromatic N) is 1. The Morgan fingerprint density at radius 3 is 3.33 bits per heavy atom. The van der Waals surface area contributed by atoms with Gasteiger partial charge in [-0.2, -0.15) is 0 Å². The fraction of sp³-hybridized carbons (Fsp3) is 0.200. The van der Waals surface area contributed by atoms with Crippen LogP contribution < -0.4 is 0 Å². The van der Waals surface area contributed by atoms with E-state index in [9.17, 15) is 4.79 Å². The van der Waals surface area contributed by atoms with Crippen LogP contribution in [0.1, 0.15) is 0 Å². The summed E-state index contributed by atoms with van der Waals surface area (Å²) < 4.78 is 4.98. The summed E-state index contributed by atoms with van der Waals surface area (Å²) in [6.07, 6.45) is 2.63. The molecule has 0 radical (unpaired) electrons. The molecule has 0 aliphatic rings. The van der Waals surface area contributed by atoms with Crippen LogP contribution in [0, 0.1) is 0 Å². The summed E-state index contributed by atoms with van der Waals surface area (Å²) in [4.78, 5) is 9.86. The van der Waals surface area contributed by atoms with Crippen LogP contribution in [-0.2, 0) is 4.79 Å². The fourth-order valence-electron chi connectivity index (χ4n) is 0.395. The molecule has 0 unspecified atom stereocenters. The Bertz CT molecular complexity index is 173. The van der Waals surface area contributed by atoms with Crippen molar-refractivity contribution in [2.75, 3.05) is 5.75 Å². The van der Waals surface area contributed by atoms with Gasteiger partial charge in [-0.15, -0.1) is 11.8 Å². The maximum atomic E-state index is 9.86. The van der Waals surface area contributed by atoms with Crippen LogP contribution in [0.2, 0.25) is 0 Å². The number of hydrogen-bond acceptors (Lipinski definition) is 4. The minimum Gasteiger partial charge on any atom is -0.302 e. The van der Waals surface area contributed by atoms with Crippen molar-refractivity contribution in [3.05, 3.63) is 12.3 Å². The largest absolute Gasteiger partial charge is 0.302 e.